The zero-order valence-corrected chi connectivity index (χ0v) is 16.4. The predicted octanol–water partition coefficient (Wildman–Crippen LogP) is 4.44. The second-order valence-corrected chi connectivity index (χ2v) is 8.17. The van der Waals surface area contributed by atoms with Crippen LogP contribution in [0.25, 0.3) is 10.2 Å². The molecule has 0 saturated heterocycles. The quantitative estimate of drug-likeness (QED) is 0.608. The molecule has 3 aromatic rings. The Bertz CT molecular complexity index is 1080. The number of fused-ring (bicyclic) bond motifs is 1. The molecule has 5 nitrogen and oxygen atoms in total. The fourth-order valence-corrected chi connectivity index (χ4v) is 4.69. The molecule has 7 heteroatoms. The summed E-state index contributed by atoms with van der Waals surface area (Å²) in [6, 6.07) is 6.34. The fourth-order valence-electron chi connectivity index (χ4n) is 3.66. The fraction of sp³-hybridized carbons (Fsp3) is 0.381. The number of esters is 1. The number of halogens is 1. The number of rotatable bonds is 4. The molecule has 28 heavy (non-hydrogen) atoms. The zero-order chi connectivity index (χ0) is 19.7. The van der Waals surface area contributed by atoms with E-state index in [9.17, 15) is 14.0 Å². The SMILES string of the molecule is Cc1c(C(=O)OC2CCCCC2)sc2ncn(Cc3ccccc3F)c(=O)c12. The minimum atomic E-state index is -0.382. The van der Waals surface area contributed by atoms with E-state index >= 15 is 0 Å². The monoisotopic (exact) mass is 400 g/mol. The molecule has 0 N–H and O–H groups in total. The first-order chi connectivity index (χ1) is 13.5. The number of benzene rings is 1. The third kappa shape index (κ3) is 3.58. The number of nitrogens with zero attached hydrogens (tertiary/aromatic N) is 2. The first-order valence-corrected chi connectivity index (χ1v) is 10.3. The summed E-state index contributed by atoms with van der Waals surface area (Å²) in [6.45, 7) is 1.83. The van der Waals surface area contributed by atoms with E-state index in [1.54, 1.807) is 25.1 Å². The summed E-state index contributed by atoms with van der Waals surface area (Å²) in [4.78, 5) is 30.8. The van der Waals surface area contributed by atoms with Crippen molar-refractivity contribution in [2.75, 3.05) is 0 Å². The van der Waals surface area contributed by atoms with E-state index in [-0.39, 0.29) is 30.0 Å². The third-order valence-electron chi connectivity index (χ3n) is 5.23. The molecule has 0 bridgehead atoms. The first kappa shape index (κ1) is 18.8. The molecule has 1 fully saturated rings. The molecule has 0 aliphatic heterocycles. The highest BCUT2D eigenvalue weighted by atomic mass is 32.1. The van der Waals surface area contributed by atoms with Crippen LogP contribution in [-0.4, -0.2) is 21.6 Å². The van der Waals surface area contributed by atoms with Gasteiger partial charge in [0.05, 0.1) is 18.3 Å². The Balaban J connectivity index is 1.65. The van der Waals surface area contributed by atoms with Gasteiger partial charge >= 0.3 is 5.97 Å². The molecule has 0 unspecified atom stereocenters. The summed E-state index contributed by atoms with van der Waals surface area (Å²) in [5, 5.41) is 0.402. The Hall–Kier alpha value is -2.54. The number of carbonyl (C=O) groups excluding carboxylic acids is 1. The minimum absolute atomic E-state index is 0.0449. The lowest BCUT2D eigenvalue weighted by Crippen LogP contribution is -2.22. The van der Waals surface area contributed by atoms with Gasteiger partial charge in [0, 0.05) is 5.56 Å². The van der Waals surface area contributed by atoms with E-state index < -0.39 is 0 Å². The lowest BCUT2D eigenvalue weighted by Gasteiger charge is -2.21. The average Bonchev–Trinajstić information content (AvgIpc) is 3.04. The van der Waals surface area contributed by atoms with Gasteiger partial charge in [0.25, 0.3) is 5.56 Å². The number of carbonyl (C=O) groups is 1. The molecule has 146 valence electrons. The predicted molar refractivity (Wildman–Crippen MR) is 106 cm³/mol. The molecule has 1 aliphatic carbocycles. The van der Waals surface area contributed by atoms with Crippen LogP contribution in [0.3, 0.4) is 0 Å². The molecule has 0 radical (unpaired) electrons. The van der Waals surface area contributed by atoms with E-state index in [1.807, 2.05) is 0 Å². The summed E-state index contributed by atoms with van der Waals surface area (Å²) >= 11 is 1.18. The molecule has 0 amide bonds. The summed E-state index contributed by atoms with van der Waals surface area (Å²) in [6.07, 6.45) is 6.48. The van der Waals surface area contributed by atoms with Gasteiger partial charge in [-0.3, -0.25) is 9.36 Å². The third-order valence-corrected chi connectivity index (χ3v) is 6.41. The van der Waals surface area contributed by atoms with Gasteiger partial charge in [0.15, 0.2) is 0 Å². The Kier molecular flexibility index (Phi) is 5.26. The number of aromatic nitrogens is 2. The van der Waals surface area contributed by atoms with Crippen LogP contribution in [0.1, 0.15) is 52.9 Å². The second-order valence-electron chi connectivity index (χ2n) is 7.17. The first-order valence-electron chi connectivity index (χ1n) is 9.47. The van der Waals surface area contributed by atoms with Crippen LogP contribution in [0.2, 0.25) is 0 Å². The average molecular weight is 400 g/mol. The Morgan fingerprint density at radius 2 is 2.04 bits per heavy atom. The van der Waals surface area contributed by atoms with Crippen LogP contribution >= 0.6 is 11.3 Å². The van der Waals surface area contributed by atoms with Gasteiger partial charge in [0.2, 0.25) is 0 Å². The van der Waals surface area contributed by atoms with Crippen molar-refractivity contribution in [3.63, 3.8) is 0 Å². The van der Waals surface area contributed by atoms with Crippen molar-refractivity contribution >= 4 is 27.5 Å². The molecule has 1 aromatic carbocycles. The standard InChI is InChI=1S/C21H21FN2O3S/c1-13-17-19(28-18(13)21(26)27-15-8-3-2-4-9-15)23-12-24(20(17)25)11-14-7-5-6-10-16(14)22/h5-7,10,12,15H,2-4,8-9,11H2,1H3. The highest BCUT2D eigenvalue weighted by molar-refractivity contribution is 7.20. The van der Waals surface area contributed by atoms with E-state index in [4.69, 9.17) is 4.74 Å². The van der Waals surface area contributed by atoms with Crippen LogP contribution < -0.4 is 5.56 Å². The summed E-state index contributed by atoms with van der Waals surface area (Å²) in [7, 11) is 0. The normalized spacial score (nSPS) is 15.1. The molecule has 0 atom stereocenters. The maximum atomic E-state index is 13.9. The van der Waals surface area contributed by atoms with E-state index in [0.717, 1.165) is 25.7 Å². The summed E-state index contributed by atoms with van der Waals surface area (Å²) in [5.74, 6) is -0.749. The minimum Gasteiger partial charge on any atom is -0.458 e. The van der Waals surface area contributed by atoms with Gasteiger partial charge in [-0.1, -0.05) is 24.6 Å². The molecule has 2 heterocycles. The van der Waals surface area contributed by atoms with Crippen molar-refractivity contribution in [2.24, 2.45) is 0 Å². The maximum absolute atomic E-state index is 13.9. The van der Waals surface area contributed by atoms with Crippen molar-refractivity contribution < 1.29 is 13.9 Å². The Morgan fingerprint density at radius 3 is 2.79 bits per heavy atom. The van der Waals surface area contributed by atoms with E-state index in [2.05, 4.69) is 4.98 Å². The molecule has 1 saturated carbocycles. The van der Waals surface area contributed by atoms with Crippen molar-refractivity contribution in [3.8, 4) is 0 Å². The van der Waals surface area contributed by atoms with Crippen molar-refractivity contribution in [1.82, 2.24) is 9.55 Å². The number of ether oxygens (including phenoxy) is 1. The van der Waals surface area contributed by atoms with Gasteiger partial charge in [-0.2, -0.15) is 0 Å². The lowest BCUT2D eigenvalue weighted by atomic mass is 9.98. The number of hydrogen-bond donors (Lipinski definition) is 0. The molecule has 0 spiro atoms. The number of hydrogen-bond acceptors (Lipinski definition) is 5. The van der Waals surface area contributed by atoms with Crippen LogP contribution in [0, 0.1) is 12.7 Å². The van der Waals surface area contributed by atoms with Crippen molar-refractivity contribution in [2.45, 2.75) is 51.7 Å². The van der Waals surface area contributed by atoms with Gasteiger partial charge in [0.1, 0.15) is 21.6 Å². The van der Waals surface area contributed by atoms with Gasteiger partial charge in [-0.25, -0.2) is 14.2 Å². The van der Waals surface area contributed by atoms with Crippen LogP contribution in [0.15, 0.2) is 35.4 Å². The lowest BCUT2D eigenvalue weighted by molar-refractivity contribution is 0.0216. The van der Waals surface area contributed by atoms with Crippen molar-refractivity contribution in [1.29, 1.82) is 0 Å². The van der Waals surface area contributed by atoms with E-state index in [1.165, 1.54) is 34.7 Å². The highest BCUT2D eigenvalue weighted by Crippen LogP contribution is 2.29. The number of thiophene rings is 1. The van der Waals surface area contributed by atoms with Gasteiger partial charge < -0.3 is 4.74 Å². The second kappa shape index (κ2) is 7.83. The Morgan fingerprint density at radius 1 is 1.29 bits per heavy atom. The molecule has 2 aromatic heterocycles. The topological polar surface area (TPSA) is 61.2 Å². The molecular weight excluding hydrogens is 379 g/mol. The molecule has 1 aliphatic rings. The number of aryl methyl sites for hydroxylation is 1. The van der Waals surface area contributed by atoms with Gasteiger partial charge in [-0.15, -0.1) is 11.3 Å². The summed E-state index contributed by atoms with van der Waals surface area (Å²) in [5.41, 5.74) is 0.718. The maximum Gasteiger partial charge on any atom is 0.348 e. The van der Waals surface area contributed by atoms with Crippen LogP contribution in [0.4, 0.5) is 4.39 Å². The summed E-state index contributed by atoms with van der Waals surface area (Å²) < 4.78 is 21.0. The van der Waals surface area contributed by atoms with Gasteiger partial charge in [-0.05, 0) is 44.2 Å². The largest absolute Gasteiger partial charge is 0.458 e. The highest BCUT2D eigenvalue weighted by Gasteiger charge is 2.24. The zero-order valence-electron chi connectivity index (χ0n) is 15.6. The smallest absolute Gasteiger partial charge is 0.348 e. The Labute approximate surface area is 165 Å². The van der Waals surface area contributed by atoms with E-state index in [0.29, 0.717) is 26.2 Å². The van der Waals surface area contributed by atoms with Crippen LogP contribution in [-0.2, 0) is 11.3 Å². The van der Waals surface area contributed by atoms with Crippen molar-refractivity contribution in [3.05, 3.63) is 62.8 Å². The molecule has 4 rings (SSSR count). The molecular formula is C21H21FN2O3S. The van der Waals surface area contributed by atoms with Crippen LogP contribution in [0.5, 0.6) is 0 Å².